The summed E-state index contributed by atoms with van der Waals surface area (Å²) in [6, 6.07) is 0. The molecular formula is C10H19NO4S. The first-order chi connectivity index (χ1) is 7.36. The van der Waals surface area contributed by atoms with Crippen molar-refractivity contribution in [3.63, 3.8) is 0 Å². The van der Waals surface area contributed by atoms with Crippen molar-refractivity contribution in [1.82, 2.24) is 4.31 Å². The number of sulfonamides is 1. The van der Waals surface area contributed by atoms with Crippen molar-refractivity contribution in [2.75, 3.05) is 26.0 Å². The van der Waals surface area contributed by atoms with E-state index in [1.165, 1.54) is 11.4 Å². The number of methoxy groups -OCH3 is 1. The molecule has 0 radical (unpaired) electrons. The Bertz CT molecular complexity index is 350. The van der Waals surface area contributed by atoms with Gasteiger partial charge in [0.2, 0.25) is 10.0 Å². The Balaban J connectivity index is 2.62. The smallest absolute Gasteiger partial charge is 0.310 e. The molecule has 1 rings (SSSR count). The molecule has 0 saturated carbocycles. The molecule has 5 nitrogen and oxygen atoms in total. The summed E-state index contributed by atoms with van der Waals surface area (Å²) in [5.41, 5.74) is 0. The van der Waals surface area contributed by atoms with Crippen molar-refractivity contribution < 1.29 is 17.9 Å². The van der Waals surface area contributed by atoms with Gasteiger partial charge in [0.25, 0.3) is 0 Å². The zero-order valence-electron chi connectivity index (χ0n) is 9.97. The van der Waals surface area contributed by atoms with E-state index in [0.29, 0.717) is 13.0 Å². The van der Waals surface area contributed by atoms with E-state index in [9.17, 15) is 13.2 Å². The van der Waals surface area contributed by atoms with Crippen LogP contribution in [-0.4, -0.2) is 44.6 Å². The van der Waals surface area contributed by atoms with Crippen LogP contribution in [0.5, 0.6) is 0 Å². The molecule has 0 aromatic heterocycles. The molecular weight excluding hydrogens is 230 g/mol. The van der Waals surface area contributed by atoms with Crippen molar-refractivity contribution in [2.24, 2.45) is 11.8 Å². The van der Waals surface area contributed by atoms with Gasteiger partial charge in [-0.3, -0.25) is 4.79 Å². The van der Waals surface area contributed by atoms with E-state index < -0.39 is 10.0 Å². The molecule has 1 heterocycles. The lowest BCUT2D eigenvalue weighted by atomic mass is 10.1. The van der Waals surface area contributed by atoms with Crippen LogP contribution < -0.4 is 0 Å². The number of hydrogen-bond acceptors (Lipinski definition) is 4. The van der Waals surface area contributed by atoms with Gasteiger partial charge in [0, 0.05) is 13.1 Å². The van der Waals surface area contributed by atoms with Crippen LogP contribution in [-0.2, 0) is 19.6 Å². The lowest BCUT2D eigenvalue weighted by Gasteiger charge is -2.17. The molecule has 16 heavy (non-hydrogen) atoms. The van der Waals surface area contributed by atoms with Crippen LogP contribution in [0.15, 0.2) is 0 Å². The maximum Gasteiger partial charge on any atom is 0.310 e. The quantitative estimate of drug-likeness (QED) is 0.679. The lowest BCUT2D eigenvalue weighted by molar-refractivity contribution is -0.144. The number of carbonyl (C=O) groups is 1. The molecule has 1 fully saturated rings. The third-order valence-corrected chi connectivity index (χ3v) is 4.83. The molecule has 0 aromatic carbocycles. The highest BCUT2D eigenvalue weighted by atomic mass is 32.2. The van der Waals surface area contributed by atoms with Crippen molar-refractivity contribution in [1.29, 1.82) is 0 Å². The minimum atomic E-state index is -3.21. The zero-order valence-corrected chi connectivity index (χ0v) is 10.8. The van der Waals surface area contributed by atoms with E-state index in [0.717, 1.165) is 0 Å². The standard InChI is InChI=1S/C10H19NO4S/c1-8(2)7-16(13,14)11-5-4-9(6-11)10(12)15-3/h8-9H,4-7H2,1-3H3. The zero-order chi connectivity index (χ0) is 12.3. The van der Waals surface area contributed by atoms with Gasteiger partial charge in [-0.2, -0.15) is 0 Å². The van der Waals surface area contributed by atoms with Gasteiger partial charge in [-0.05, 0) is 12.3 Å². The number of rotatable bonds is 4. The monoisotopic (exact) mass is 249 g/mol. The van der Waals surface area contributed by atoms with E-state index in [1.807, 2.05) is 13.8 Å². The van der Waals surface area contributed by atoms with Crippen molar-refractivity contribution >= 4 is 16.0 Å². The maximum absolute atomic E-state index is 11.9. The van der Waals surface area contributed by atoms with Crippen LogP contribution in [0.3, 0.4) is 0 Å². The topological polar surface area (TPSA) is 63.7 Å². The summed E-state index contributed by atoms with van der Waals surface area (Å²) in [5, 5.41) is 0. The third kappa shape index (κ3) is 3.18. The highest BCUT2D eigenvalue weighted by Gasteiger charge is 2.35. The predicted octanol–water partition coefficient (Wildman–Crippen LogP) is 0.467. The molecule has 0 aliphatic carbocycles. The molecule has 94 valence electrons. The molecule has 0 amide bonds. The Hall–Kier alpha value is -0.620. The molecule has 0 aromatic rings. The van der Waals surface area contributed by atoms with Gasteiger partial charge in [-0.15, -0.1) is 0 Å². The number of esters is 1. The van der Waals surface area contributed by atoms with Crippen LogP contribution >= 0.6 is 0 Å². The van der Waals surface area contributed by atoms with E-state index in [1.54, 1.807) is 0 Å². The molecule has 1 aliphatic rings. The minimum absolute atomic E-state index is 0.0992. The summed E-state index contributed by atoms with van der Waals surface area (Å²) >= 11 is 0. The summed E-state index contributed by atoms with van der Waals surface area (Å²) in [7, 11) is -1.88. The Kier molecular flexibility index (Phi) is 4.32. The summed E-state index contributed by atoms with van der Waals surface area (Å²) in [6.07, 6.45) is 0.560. The molecule has 1 unspecified atom stereocenters. The van der Waals surface area contributed by atoms with E-state index >= 15 is 0 Å². The molecule has 0 spiro atoms. The van der Waals surface area contributed by atoms with Gasteiger partial charge in [0.05, 0.1) is 18.8 Å². The lowest BCUT2D eigenvalue weighted by Crippen LogP contribution is -2.33. The molecule has 1 aliphatic heterocycles. The largest absolute Gasteiger partial charge is 0.469 e. The Morgan fingerprint density at radius 3 is 2.62 bits per heavy atom. The Morgan fingerprint density at radius 1 is 1.50 bits per heavy atom. The fourth-order valence-electron chi connectivity index (χ4n) is 1.87. The summed E-state index contributed by atoms with van der Waals surface area (Å²) in [4.78, 5) is 11.3. The van der Waals surface area contributed by atoms with Gasteiger partial charge >= 0.3 is 5.97 Å². The Morgan fingerprint density at radius 2 is 2.12 bits per heavy atom. The molecule has 0 bridgehead atoms. The van der Waals surface area contributed by atoms with E-state index in [-0.39, 0.29) is 30.1 Å². The van der Waals surface area contributed by atoms with Crippen molar-refractivity contribution in [3.8, 4) is 0 Å². The fourth-order valence-corrected chi connectivity index (χ4v) is 3.71. The highest BCUT2D eigenvalue weighted by molar-refractivity contribution is 7.89. The predicted molar refractivity (Wildman–Crippen MR) is 60.3 cm³/mol. The van der Waals surface area contributed by atoms with E-state index in [2.05, 4.69) is 4.74 Å². The number of nitrogens with zero attached hydrogens (tertiary/aromatic N) is 1. The number of carbonyl (C=O) groups excluding carboxylic acids is 1. The average molecular weight is 249 g/mol. The van der Waals surface area contributed by atoms with Gasteiger partial charge in [0.1, 0.15) is 0 Å². The van der Waals surface area contributed by atoms with Gasteiger partial charge < -0.3 is 4.74 Å². The molecule has 6 heteroatoms. The molecule has 0 N–H and O–H groups in total. The van der Waals surface area contributed by atoms with Crippen LogP contribution in [0.2, 0.25) is 0 Å². The fraction of sp³-hybridized carbons (Fsp3) is 0.900. The Labute approximate surface area is 96.8 Å². The van der Waals surface area contributed by atoms with Crippen LogP contribution in [0.25, 0.3) is 0 Å². The van der Waals surface area contributed by atoms with Gasteiger partial charge in [-0.25, -0.2) is 12.7 Å². The second kappa shape index (κ2) is 5.14. The van der Waals surface area contributed by atoms with Crippen molar-refractivity contribution in [2.45, 2.75) is 20.3 Å². The number of hydrogen-bond donors (Lipinski definition) is 0. The summed E-state index contributed by atoms with van der Waals surface area (Å²) in [6.45, 7) is 4.42. The molecule has 1 atom stereocenters. The first-order valence-corrected chi connectivity index (χ1v) is 7.03. The van der Waals surface area contributed by atoms with Crippen molar-refractivity contribution in [3.05, 3.63) is 0 Å². The van der Waals surface area contributed by atoms with Gasteiger partial charge in [0.15, 0.2) is 0 Å². The third-order valence-electron chi connectivity index (χ3n) is 2.62. The SMILES string of the molecule is COC(=O)C1CCN(S(=O)(=O)CC(C)C)C1. The van der Waals surface area contributed by atoms with E-state index in [4.69, 9.17) is 0 Å². The van der Waals surface area contributed by atoms with Crippen LogP contribution in [0.1, 0.15) is 20.3 Å². The second-order valence-electron chi connectivity index (χ2n) is 4.54. The van der Waals surface area contributed by atoms with Gasteiger partial charge in [-0.1, -0.05) is 13.8 Å². The summed E-state index contributed by atoms with van der Waals surface area (Å²) in [5.74, 6) is -0.377. The number of ether oxygens (including phenoxy) is 1. The normalized spacial score (nSPS) is 22.6. The first-order valence-electron chi connectivity index (χ1n) is 5.42. The average Bonchev–Trinajstić information content (AvgIpc) is 2.63. The molecule has 1 saturated heterocycles. The first kappa shape index (κ1) is 13.4. The highest BCUT2D eigenvalue weighted by Crippen LogP contribution is 2.21. The van der Waals surface area contributed by atoms with Crippen LogP contribution in [0.4, 0.5) is 0 Å². The minimum Gasteiger partial charge on any atom is -0.469 e. The second-order valence-corrected chi connectivity index (χ2v) is 6.55. The maximum atomic E-state index is 11.9. The summed E-state index contributed by atoms with van der Waals surface area (Å²) < 4.78 is 29.8. The van der Waals surface area contributed by atoms with Crippen LogP contribution in [0, 0.1) is 11.8 Å².